The number of nitrogens with zero attached hydrogens (tertiary/aromatic N) is 3. The second-order valence-corrected chi connectivity index (χ2v) is 5.77. The van der Waals surface area contributed by atoms with Crippen LogP contribution in [-0.4, -0.2) is 39.6 Å². The normalized spacial score (nSPS) is 16.4. The monoisotopic (exact) mass is 377 g/mol. The average molecular weight is 377 g/mol. The number of likely N-dealkylation sites (tertiary alicyclic amines) is 1. The molecular formula is C11H16IN5O2. The lowest BCUT2D eigenvalue weighted by Gasteiger charge is -2.31. The molecular weight excluding hydrogens is 361 g/mol. The summed E-state index contributed by atoms with van der Waals surface area (Å²) in [6.45, 7) is 1.43. The van der Waals surface area contributed by atoms with Gasteiger partial charge in [-0.25, -0.2) is 5.84 Å². The summed E-state index contributed by atoms with van der Waals surface area (Å²) < 4.78 is 2.63. The molecule has 104 valence electrons. The Bertz CT molecular complexity index is 467. The quantitative estimate of drug-likeness (QED) is 0.328. The van der Waals surface area contributed by atoms with Gasteiger partial charge in [-0.2, -0.15) is 5.10 Å². The van der Waals surface area contributed by atoms with Gasteiger partial charge in [-0.15, -0.1) is 0 Å². The predicted molar refractivity (Wildman–Crippen MR) is 76.6 cm³/mol. The lowest BCUT2D eigenvalue weighted by Crippen LogP contribution is -2.45. The zero-order valence-electron chi connectivity index (χ0n) is 10.4. The fourth-order valence-corrected chi connectivity index (χ4v) is 2.62. The second kappa shape index (κ2) is 6.33. The Labute approximate surface area is 124 Å². The lowest BCUT2D eigenvalue weighted by molar-refractivity contribution is -0.136. The van der Waals surface area contributed by atoms with E-state index in [1.54, 1.807) is 15.8 Å². The van der Waals surface area contributed by atoms with E-state index >= 15 is 0 Å². The van der Waals surface area contributed by atoms with Crippen LogP contribution in [-0.2, 0) is 16.1 Å². The fourth-order valence-electron chi connectivity index (χ4n) is 2.17. The molecule has 19 heavy (non-hydrogen) atoms. The molecule has 0 unspecified atom stereocenters. The first-order chi connectivity index (χ1) is 9.10. The number of nitrogens with two attached hydrogens (primary N) is 1. The van der Waals surface area contributed by atoms with Gasteiger partial charge in [-0.3, -0.25) is 19.7 Å². The summed E-state index contributed by atoms with van der Waals surface area (Å²) in [5, 5.41) is 4.09. The standard InChI is InChI=1S/C11H16IN5O2/c12-9-5-14-17(6-9)7-10(18)16-3-1-8(2-4-16)11(19)15-13/h5-6,8H,1-4,7,13H2,(H,15,19). The van der Waals surface area contributed by atoms with Crippen LogP contribution < -0.4 is 11.3 Å². The number of hydrogen-bond acceptors (Lipinski definition) is 4. The summed E-state index contributed by atoms with van der Waals surface area (Å²) in [5.41, 5.74) is 2.16. The molecule has 0 saturated carbocycles. The number of carbonyl (C=O) groups is 2. The smallest absolute Gasteiger partial charge is 0.244 e. The molecule has 2 rings (SSSR count). The van der Waals surface area contributed by atoms with E-state index in [0.717, 1.165) is 3.57 Å². The van der Waals surface area contributed by atoms with E-state index in [0.29, 0.717) is 25.9 Å². The molecule has 1 fully saturated rings. The van der Waals surface area contributed by atoms with Crippen LogP contribution in [0.5, 0.6) is 0 Å². The number of amides is 2. The number of hydrogen-bond donors (Lipinski definition) is 2. The van der Waals surface area contributed by atoms with Gasteiger partial charge in [-0.1, -0.05) is 0 Å². The highest BCUT2D eigenvalue weighted by Crippen LogP contribution is 2.17. The van der Waals surface area contributed by atoms with E-state index < -0.39 is 0 Å². The van der Waals surface area contributed by atoms with Crippen LogP contribution in [0, 0.1) is 9.49 Å². The Morgan fingerprint density at radius 3 is 2.68 bits per heavy atom. The summed E-state index contributed by atoms with van der Waals surface area (Å²) >= 11 is 2.15. The number of carbonyl (C=O) groups excluding carboxylic acids is 2. The van der Waals surface area contributed by atoms with Gasteiger partial charge in [0.05, 0.1) is 9.77 Å². The molecule has 0 radical (unpaired) electrons. The van der Waals surface area contributed by atoms with Crippen LogP contribution in [0.2, 0.25) is 0 Å². The zero-order valence-corrected chi connectivity index (χ0v) is 12.5. The maximum atomic E-state index is 12.1. The first-order valence-corrected chi connectivity index (χ1v) is 7.14. The van der Waals surface area contributed by atoms with Crippen molar-refractivity contribution in [3.8, 4) is 0 Å². The van der Waals surface area contributed by atoms with Gasteiger partial charge >= 0.3 is 0 Å². The minimum Gasteiger partial charge on any atom is -0.341 e. The highest BCUT2D eigenvalue weighted by Gasteiger charge is 2.26. The third-order valence-corrected chi connectivity index (χ3v) is 3.82. The van der Waals surface area contributed by atoms with Gasteiger partial charge in [0.2, 0.25) is 11.8 Å². The van der Waals surface area contributed by atoms with Crippen LogP contribution in [0.15, 0.2) is 12.4 Å². The number of nitrogens with one attached hydrogen (secondary N) is 1. The molecule has 1 aromatic rings. The number of piperidine rings is 1. The maximum absolute atomic E-state index is 12.1. The summed E-state index contributed by atoms with van der Waals surface area (Å²) in [7, 11) is 0. The topological polar surface area (TPSA) is 93.3 Å². The fraction of sp³-hybridized carbons (Fsp3) is 0.545. The summed E-state index contributed by atoms with van der Waals surface area (Å²) in [5.74, 6) is 4.91. The third kappa shape index (κ3) is 3.66. The highest BCUT2D eigenvalue weighted by molar-refractivity contribution is 14.1. The van der Waals surface area contributed by atoms with Crippen molar-refractivity contribution in [2.24, 2.45) is 11.8 Å². The lowest BCUT2D eigenvalue weighted by atomic mass is 9.96. The van der Waals surface area contributed by atoms with Crippen molar-refractivity contribution >= 4 is 34.4 Å². The van der Waals surface area contributed by atoms with Crippen LogP contribution in [0.4, 0.5) is 0 Å². The second-order valence-electron chi connectivity index (χ2n) is 4.52. The first kappa shape index (κ1) is 14.3. The summed E-state index contributed by atoms with van der Waals surface area (Å²) in [6.07, 6.45) is 4.86. The van der Waals surface area contributed by atoms with Gasteiger partial charge in [0.1, 0.15) is 6.54 Å². The SMILES string of the molecule is NNC(=O)C1CCN(C(=O)Cn2cc(I)cn2)CC1. The van der Waals surface area contributed by atoms with Gasteiger partial charge in [0.25, 0.3) is 0 Å². The van der Waals surface area contributed by atoms with Crippen molar-refractivity contribution in [3.63, 3.8) is 0 Å². The van der Waals surface area contributed by atoms with E-state index in [1.165, 1.54) is 0 Å². The molecule has 8 heteroatoms. The summed E-state index contributed by atoms with van der Waals surface area (Å²) in [6, 6.07) is 0. The van der Waals surface area contributed by atoms with Crippen LogP contribution in [0.25, 0.3) is 0 Å². The molecule has 0 aliphatic carbocycles. The Morgan fingerprint density at radius 1 is 1.47 bits per heavy atom. The molecule has 0 spiro atoms. The molecule has 0 aromatic carbocycles. The highest BCUT2D eigenvalue weighted by atomic mass is 127. The van der Waals surface area contributed by atoms with E-state index in [4.69, 9.17) is 5.84 Å². The largest absolute Gasteiger partial charge is 0.341 e. The molecule has 1 aliphatic heterocycles. The number of hydrazine groups is 1. The van der Waals surface area contributed by atoms with Crippen molar-refractivity contribution in [3.05, 3.63) is 16.0 Å². The zero-order chi connectivity index (χ0) is 13.8. The molecule has 1 saturated heterocycles. The molecule has 1 aliphatic rings. The van der Waals surface area contributed by atoms with E-state index in [2.05, 4.69) is 33.1 Å². The molecule has 0 bridgehead atoms. The minimum absolute atomic E-state index is 0.0334. The third-order valence-electron chi connectivity index (χ3n) is 3.26. The molecule has 7 nitrogen and oxygen atoms in total. The van der Waals surface area contributed by atoms with Crippen molar-refractivity contribution in [2.45, 2.75) is 19.4 Å². The molecule has 3 N–H and O–H groups in total. The van der Waals surface area contributed by atoms with Gasteiger partial charge in [0.15, 0.2) is 0 Å². The van der Waals surface area contributed by atoms with Crippen molar-refractivity contribution in [1.29, 1.82) is 0 Å². The Hall–Kier alpha value is -1.16. The molecule has 2 amide bonds. The summed E-state index contributed by atoms with van der Waals surface area (Å²) in [4.78, 5) is 25.2. The molecule has 2 heterocycles. The van der Waals surface area contributed by atoms with Crippen LogP contribution in [0.1, 0.15) is 12.8 Å². The van der Waals surface area contributed by atoms with E-state index in [-0.39, 0.29) is 24.3 Å². The molecule has 1 aromatic heterocycles. The Balaban J connectivity index is 1.84. The van der Waals surface area contributed by atoms with E-state index in [9.17, 15) is 9.59 Å². The maximum Gasteiger partial charge on any atom is 0.244 e. The number of aromatic nitrogens is 2. The van der Waals surface area contributed by atoms with Crippen molar-refractivity contribution < 1.29 is 9.59 Å². The van der Waals surface area contributed by atoms with Gasteiger partial charge < -0.3 is 4.90 Å². The van der Waals surface area contributed by atoms with Crippen LogP contribution in [0.3, 0.4) is 0 Å². The first-order valence-electron chi connectivity index (χ1n) is 6.06. The molecule has 0 atom stereocenters. The van der Waals surface area contributed by atoms with Gasteiger partial charge in [0, 0.05) is 25.2 Å². The average Bonchev–Trinajstić information content (AvgIpc) is 2.83. The van der Waals surface area contributed by atoms with Crippen molar-refractivity contribution in [2.75, 3.05) is 13.1 Å². The van der Waals surface area contributed by atoms with Gasteiger partial charge in [-0.05, 0) is 35.4 Å². The Kier molecular flexibility index (Phi) is 4.75. The Morgan fingerprint density at radius 2 is 2.16 bits per heavy atom. The number of halogens is 1. The van der Waals surface area contributed by atoms with Crippen molar-refractivity contribution in [1.82, 2.24) is 20.1 Å². The predicted octanol–water partition coefficient (Wildman–Crippen LogP) is -0.284. The minimum atomic E-state index is -0.145. The van der Waals surface area contributed by atoms with Crippen LogP contribution >= 0.6 is 22.6 Å². The van der Waals surface area contributed by atoms with E-state index in [1.807, 2.05) is 6.20 Å². The number of rotatable bonds is 3.